The summed E-state index contributed by atoms with van der Waals surface area (Å²) in [5, 5.41) is 5.52. The van der Waals surface area contributed by atoms with Crippen LogP contribution in [0, 0.1) is 13.8 Å². The van der Waals surface area contributed by atoms with Crippen molar-refractivity contribution >= 4 is 34.1 Å². The molecule has 4 rings (SSSR count). The molecule has 3 heterocycles. The molecule has 1 aliphatic rings. The van der Waals surface area contributed by atoms with Gasteiger partial charge in [0, 0.05) is 37.8 Å². The Hall–Kier alpha value is -2.64. The van der Waals surface area contributed by atoms with Crippen LogP contribution in [0.25, 0.3) is 10.9 Å². The van der Waals surface area contributed by atoms with Gasteiger partial charge in [-0.1, -0.05) is 16.8 Å². The molecule has 1 saturated heterocycles. The van der Waals surface area contributed by atoms with Gasteiger partial charge >= 0.3 is 0 Å². The van der Waals surface area contributed by atoms with Crippen LogP contribution in [-0.2, 0) is 6.42 Å². The molecule has 8 heteroatoms. The van der Waals surface area contributed by atoms with Gasteiger partial charge in [-0.3, -0.25) is 9.78 Å². The van der Waals surface area contributed by atoms with Crippen molar-refractivity contribution < 1.29 is 9.32 Å². The van der Waals surface area contributed by atoms with Crippen molar-refractivity contribution in [3.05, 3.63) is 52.0 Å². The first kappa shape index (κ1) is 19.7. The van der Waals surface area contributed by atoms with E-state index < -0.39 is 0 Å². The second-order valence-electron chi connectivity index (χ2n) is 7.28. The average molecular weight is 414 g/mol. The molecule has 0 aliphatic carbocycles. The third-order valence-electron chi connectivity index (χ3n) is 5.44. The number of rotatable bonds is 4. The number of piperazine rings is 1. The van der Waals surface area contributed by atoms with Gasteiger partial charge in [0.15, 0.2) is 0 Å². The highest BCUT2D eigenvalue weighted by Gasteiger charge is 2.28. The van der Waals surface area contributed by atoms with Crippen LogP contribution in [0.15, 0.2) is 28.9 Å². The fraction of sp³-hybridized carbons (Fsp3) is 0.381. The molecule has 1 aromatic carbocycles. The molecule has 0 saturated carbocycles. The number of nitrogens with two attached hydrogens (primary N) is 1. The molecule has 1 amide bonds. The Balaban J connectivity index is 1.62. The molecular weight excluding hydrogens is 390 g/mol. The first-order valence-corrected chi connectivity index (χ1v) is 10.1. The largest absolute Gasteiger partial charge is 0.366 e. The Bertz CT molecular complexity index is 1040. The number of hydrogen-bond donors (Lipinski definition) is 1. The molecule has 0 unspecified atom stereocenters. The van der Waals surface area contributed by atoms with E-state index in [9.17, 15) is 4.79 Å². The van der Waals surface area contributed by atoms with Crippen molar-refractivity contribution in [2.45, 2.75) is 20.3 Å². The van der Waals surface area contributed by atoms with E-state index in [-0.39, 0.29) is 5.91 Å². The van der Waals surface area contributed by atoms with Gasteiger partial charge in [0.1, 0.15) is 11.3 Å². The molecule has 7 nitrogen and oxygen atoms in total. The second kappa shape index (κ2) is 8.00. The maximum Gasteiger partial charge on any atom is 0.259 e. The number of hydrogen-bond acceptors (Lipinski definition) is 6. The number of carbonyl (C=O) groups is 1. The van der Waals surface area contributed by atoms with Crippen molar-refractivity contribution in [1.82, 2.24) is 15.0 Å². The third kappa shape index (κ3) is 3.56. The van der Waals surface area contributed by atoms with Crippen molar-refractivity contribution in [3.63, 3.8) is 0 Å². The van der Waals surface area contributed by atoms with Gasteiger partial charge in [0.05, 0.1) is 21.9 Å². The van der Waals surface area contributed by atoms with Crippen LogP contribution in [0.5, 0.6) is 0 Å². The van der Waals surface area contributed by atoms with Crippen LogP contribution in [0.4, 0.5) is 5.69 Å². The Kier molecular flexibility index (Phi) is 5.43. The number of anilines is 1. The van der Waals surface area contributed by atoms with Gasteiger partial charge in [0.2, 0.25) is 0 Å². The van der Waals surface area contributed by atoms with Crippen LogP contribution in [0.2, 0.25) is 5.02 Å². The zero-order valence-electron chi connectivity index (χ0n) is 16.6. The fourth-order valence-electron chi connectivity index (χ4n) is 4.02. The van der Waals surface area contributed by atoms with E-state index in [2.05, 4.69) is 15.0 Å². The lowest BCUT2D eigenvalue weighted by Gasteiger charge is -2.37. The van der Waals surface area contributed by atoms with Crippen LogP contribution in [-0.4, -0.2) is 53.7 Å². The number of benzene rings is 1. The van der Waals surface area contributed by atoms with Crippen LogP contribution < -0.4 is 10.6 Å². The lowest BCUT2D eigenvalue weighted by molar-refractivity contribution is 0.0744. The van der Waals surface area contributed by atoms with Crippen LogP contribution in [0.3, 0.4) is 0 Å². The Morgan fingerprint density at radius 3 is 2.69 bits per heavy atom. The van der Waals surface area contributed by atoms with E-state index in [1.807, 2.05) is 23.1 Å². The summed E-state index contributed by atoms with van der Waals surface area (Å²) in [7, 11) is 0. The van der Waals surface area contributed by atoms with Gasteiger partial charge in [0.25, 0.3) is 5.91 Å². The topological polar surface area (TPSA) is 88.5 Å². The summed E-state index contributed by atoms with van der Waals surface area (Å²) in [6, 6.07) is 5.87. The number of aryl methyl sites for hydroxylation is 2. The Morgan fingerprint density at radius 2 is 2.03 bits per heavy atom. The molecule has 0 atom stereocenters. The maximum absolute atomic E-state index is 12.9. The van der Waals surface area contributed by atoms with Gasteiger partial charge in [-0.2, -0.15) is 0 Å². The van der Waals surface area contributed by atoms with Gasteiger partial charge in [-0.25, -0.2) is 0 Å². The van der Waals surface area contributed by atoms with Crippen molar-refractivity contribution in [1.29, 1.82) is 0 Å². The highest BCUT2D eigenvalue weighted by molar-refractivity contribution is 6.36. The minimum Gasteiger partial charge on any atom is -0.366 e. The van der Waals surface area contributed by atoms with E-state index in [0.717, 1.165) is 28.6 Å². The maximum atomic E-state index is 12.9. The molecule has 29 heavy (non-hydrogen) atoms. The van der Waals surface area contributed by atoms with Gasteiger partial charge < -0.3 is 20.1 Å². The van der Waals surface area contributed by atoms with Crippen molar-refractivity contribution in [2.75, 3.05) is 37.6 Å². The number of pyridine rings is 1. The summed E-state index contributed by atoms with van der Waals surface area (Å²) in [5.41, 5.74) is 10.1. The van der Waals surface area contributed by atoms with E-state index in [1.165, 1.54) is 0 Å². The minimum absolute atomic E-state index is 0.0258. The molecular formula is C21H24ClN5O2. The van der Waals surface area contributed by atoms with Crippen LogP contribution >= 0.6 is 11.6 Å². The number of carbonyl (C=O) groups excluding carboxylic acids is 1. The normalized spacial score (nSPS) is 14.6. The number of fused-ring (bicyclic) bond motifs is 1. The van der Waals surface area contributed by atoms with E-state index in [0.29, 0.717) is 54.8 Å². The lowest BCUT2D eigenvalue weighted by Crippen LogP contribution is -2.49. The fourth-order valence-corrected chi connectivity index (χ4v) is 4.30. The lowest BCUT2D eigenvalue weighted by atomic mass is 10.0. The summed E-state index contributed by atoms with van der Waals surface area (Å²) in [4.78, 5) is 21.7. The van der Waals surface area contributed by atoms with Crippen molar-refractivity contribution in [2.24, 2.45) is 5.73 Å². The van der Waals surface area contributed by atoms with Crippen LogP contribution in [0.1, 0.15) is 27.4 Å². The first-order valence-electron chi connectivity index (χ1n) is 9.74. The SMILES string of the molecule is Cc1noc(C)c1C(=O)N1CCN(c2c(CCN)cc(Cl)c3cccnc23)CC1. The Labute approximate surface area is 174 Å². The Morgan fingerprint density at radius 1 is 1.28 bits per heavy atom. The minimum atomic E-state index is -0.0258. The first-order chi connectivity index (χ1) is 14.0. The molecule has 0 spiro atoms. The van der Waals surface area contributed by atoms with E-state index in [1.54, 1.807) is 20.0 Å². The summed E-state index contributed by atoms with van der Waals surface area (Å²) in [6.45, 7) is 6.74. The van der Waals surface area contributed by atoms with E-state index >= 15 is 0 Å². The number of nitrogens with zero attached hydrogens (tertiary/aromatic N) is 4. The zero-order valence-corrected chi connectivity index (χ0v) is 17.4. The second-order valence-corrected chi connectivity index (χ2v) is 7.69. The third-order valence-corrected chi connectivity index (χ3v) is 5.75. The quantitative estimate of drug-likeness (QED) is 0.707. The molecule has 0 bridgehead atoms. The van der Waals surface area contributed by atoms with E-state index in [4.69, 9.17) is 21.9 Å². The number of aromatic nitrogens is 2. The average Bonchev–Trinajstić information content (AvgIpc) is 3.06. The molecule has 152 valence electrons. The summed E-state index contributed by atoms with van der Waals surface area (Å²) >= 11 is 6.49. The predicted octanol–water partition coefficient (Wildman–Crippen LogP) is 2.96. The summed E-state index contributed by atoms with van der Waals surface area (Å²) in [5.74, 6) is 0.537. The van der Waals surface area contributed by atoms with Gasteiger partial charge in [-0.05, 0) is 50.6 Å². The molecule has 3 aromatic rings. The number of halogens is 1. The van der Waals surface area contributed by atoms with Gasteiger partial charge in [-0.15, -0.1) is 0 Å². The molecule has 2 aromatic heterocycles. The summed E-state index contributed by atoms with van der Waals surface area (Å²) < 4.78 is 5.16. The molecule has 0 radical (unpaired) electrons. The smallest absolute Gasteiger partial charge is 0.259 e. The monoisotopic (exact) mass is 413 g/mol. The zero-order chi connectivity index (χ0) is 20.5. The standard InChI is InChI=1S/C21H24ClN5O2/c1-13-18(14(2)29-25-13)21(28)27-10-8-26(9-11-27)20-15(5-6-23)12-17(22)16-4-3-7-24-19(16)20/h3-4,7,12H,5-6,8-11,23H2,1-2H3. The predicted molar refractivity (Wildman–Crippen MR) is 114 cm³/mol. The number of amides is 1. The highest BCUT2D eigenvalue weighted by Crippen LogP contribution is 2.35. The highest BCUT2D eigenvalue weighted by atomic mass is 35.5. The van der Waals surface area contributed by atoms with Crippen molar-refractivity contribution in [3.8, 4) is 0 Å². The molecule has 1 aliphatic heterocycles. The molecule has 1 fully saturated rings. The summed E-state index contributed by atoms with van der Waals surface area (Å²) in [6.07, 6.45) is 2.51. The molecule has 2 N–H and O–H groups in total.